The highest BCUT2D eigenvalue weighted by atomic mass is 35.5. The zero-order valence-electron chi connectivity index (χ0n) is 16.7. The van der Waals surface area contributed by atoms with Crippen molar-refractivity contribution < 1.29 is 18.0 Å². The van der Waals surface area contributed by atoms with Crippen LogP contribution in [0.15, 0.2) is 48.5 Å². The van der Waals surface area contributed by atoms with Crippen molar-refractivity contribution in [3.05, 3.63) is 70.2 Å². The summed E-state index contributed by atoms with van der Waals surface area (Å²) >= 11 is 5.96. The molecule has 1 fully saturated rings. The number of carbonyl (C=O) groups excluding carboxylic acids is 1. The minimum Gasteiger partial charge on any atom is -0.355 e. The second-order valence-corrected chi connectivity index (χ2v) is 7.91. The molecule has 3 rings (SSSR count). The van der Waals surface area contributed by atoms with E-state index in [2.05, 4.69) is 15.5 Å². The molecule has 2 atom stereocenters. The van der Waals surface area contributed by atoms with E-state index in [1.807, 2.05) is 31.2 Å². The third-order valence-electron chi connectivity index (χ3n) is 5.23. The first-order valence-electron chi connectivity index (χ1n) is 9.92. The fourth-order valence-electron chi connectivity index (χ4n) is 3.69. The first-order valence-corrected chi connectivity index (χ1v) is 10.3. The molecule has 1 aliphatic heterocycles. The first-order chi connectivity index (χ1) is 14.3. The molecule has 1 aliphatic rings. The van der Waals surface area contributed by atoms with E-state index in [0.717, 1.165) is 23.3 Å². The van der Waals surface area contributed by atoms with Gasteiger partial charge < -0.3 is 10.6 Å². The normalized spacial score (nSPS) is 19.8. The smallest absolute Gasteiger partial charge is 0.355 e. The van der Waals surface area contributed by atoms with Gasteiger partial charge in [-0.3, -0.25) is 9.69 Å². The summed E-state index contributed by atoms with van der Waals surface area (Å²) in [4.78, 5) is 14.7. The minimum atomic E-state index is -4.33. The lowest BCUT2D eigenvalue weighted by Gasteiger charge is -2.23. The van der Waals surface area contributed by atoms with Gasteiger partial charge in [-0.15, -0.1) is 0 Å². The molecule has 1 saturated heterocycles. The van der Waals surface area contributed by atoms with E-state index in [9.17, 15) is 18.0 Å². The van der Waals surface area contributed by atoms with Crippen molar-refractivity contribution in [3.8, 4) is 0 Å². The predicted octanol–water partition coefficient (Wildman–Crippen LogP) is 4.23. The van der Waals surface area contributed by atoms with Crippen molar-refractivity contribution in [1.29, 1.82) is 0 Å². The predicted molar refractivity (Wildman–Crippen MR) is 111 cm³/mol. The summed E-state index contributed by atoms with van der Waals surface area (Å²) in [5.41, 5.74) is 1.18. The van der Waals surface area contributed by atoms with E-state index >= 15 is 0 Å². The number of benzene rings is 2. The number of rotatable bonds is 7. The molecule has 0 unspecified atom stereocenters. The molecule has 8 heteroatoms. The highest BCUT2D eigenvalue weighted by Crippen LogP contribution is 2.29. The van der Waals surface area contributed by atoms with E-state index in [4.69, 9.17) is 11.6 Å². The van der Waals surface area contributed by atoms with Crippen LogP contribution in [0.4, 0.5) is 13.2 Å². The topological polar surface area (TPSA) is 44.4 Å². The Bertz CT molecular complexity index is 840. The Kier molecular flexibility index (Phi) is 7.39. The van der Waals surface area contributed by atoms with Crippen LogP contribution >= 0.6 is 11.6 Å². The number of likely N-dealkylation sites (tertiary alicyclic amines) is 1. The van der Waals surface area contributed by atoms with E-state index in [0.29, 0.717) is 37.6 Å². The summed E-state index contributed by atoms with van der Waals surface area (Å²) in [7, 11) is 0. The number of alkyl halides is 3. The Labute approximate surface area is 179 Å². The Morgan fingerprint density at radius 3 is 2.33 bits per heavy atom. The molecule has 2 N–H and O–H groups in total. The highest BCUT2D eigenvalue weighted by molar-refractivity contribution is 6.30. The molecule has 2 aromatic rings. The van der Waals surface area contributed by atoms with Crippen molar-refractivity contribution in [2.24, 2.45) is 0 Å². The molecule has 0 saturated carbocycles. The van der Waals surface area contributed by atoms with Crippen molar-refractivity contribution >= 4 is 17.5 Å². The van der Waals surface area contributed by atoms with Crippen LogP contribution in [-0.4, -0.2) is 36.0 Å². The van der Waals surface area contributed by atoms with Gasteiger partial charge in [-0.2, -0.15) is 13.2 Å². The number of halogens is 4. The maximum absolute atomic E-state index is 12.7. The molecule has 0 spiro atoms. The summed E-state index contributed by atoms with van der Waals surface area (Å²) in [5.74, 6) is -0.00899. The second-order valence-electron chi connectivity index (χ2n) is 7.47. The highest BCUT2D eigenvalue weighted by Gasteiger charge is 2.36. The summed E-state index contributed by atoms with van der Waals surface area (Å²) in [6.45, 7) is 4.19. The summed E-state index contributed by atoms with van der Waals surface area (Å²) < 4.78 is 38.1. The van der Waals surface area contributed by atoms with Crippen LogP contribution in [0.5, 0.6) is 0 Å². The van der Waals surface area contributed by atoms with Crippen molar-refractivity contribution in [2.45, 2.75) is 44.7 Å². The Morgan fingerprint density at radius 1 is 1.10 bits per heavy atom. The molecular weight excluding hydrogens is 415 g/mol. The molecule has 1 amide bonds. The lowest BCUT2D eigenvalue weighted by Crippen LogP contribution is -2.42. The minimum absolute atomic E-state index is 0.00899. The molecule has 0 radical (unpaired) electrons. The monoisotopic (exact) mass is 439 g/mol. The number of amides is 1. The molecule has 30 heavy (non-hydrogen) atoms. The van der Waals surface area contributed by atoms with Gasteiger partial charge in [0.1, 0.15) is 0 Å². The molecule has 0 bridgehead atoms. The number of nitrogens with zero attached hydrogens (tertiary/aromatic N) is 1. The van der Waals surface area contributed by atoms with E-state index in [1.165, 1.54) is 12.1 Å². The number of hydrogen-bond acceptors (Lipinski definition) is 3. The summed E-state index contributed by atoms with van der Waals surface area (Å²) in [5, 5.41) is 6.94. The van der Waals surface area contributed by atoms with Gasteiger partial charge >= 0.3 is 6.18 Å². The number of likely N-dealkylation sites (N-methyl/N-ethyl adjacent to an activating group) is 1. The Hall–Kier alpha value is -2.09. The van der Waals surface area contributed by atoms with Crippen molar-refractivity contribution in [2.75, 3.05) is 13.1 Å². The van der Waals surface area contributed by atoms with Crippen LogP contribution in [0.1, 0.15) is 30.0 Å². The largest absolute Gasteiger partial charge is 0.416 e. The average molecular weight is 440 g/mol. The van der Waals surface area contributed by atoms with Gasteiger partial charge in [0.05, 0.1) is 11.6 Å². The third-order valence-corrected chi connectivity index (χ3v) is 5.48. The maximum atomic E-state index is 12.7. The fraction of sp³-hybridized carbons (Fsp3) is 0.409. The van der Waals surface area contributed by atoms with Crippen LogP contribution < -0.4 is 10.6 Å². The zero-order chi connectivity index (χ0) is 21.7. The van der Waals surface area contributed by atoms with Gasteiger partial charge in [0.2, 0.25) is 5.91 Å². The Morgan fingerprint density at radius 2 is 1.73 bits per heavy atom. The molecule has 0 aromatic heterocycles. The van der Waals surface area contributed by atoms with Crippen molar-refractivity contribution in [3.63, 3.8) is 0 Å². The molecule has 2 aromatic carbocycles. The van der Waals surface area contributed by atoms with Gasteiger partial charge in [-0.05, 0) is 48.7 Å². The molecular formula is C22H25ClF3N3O. The maximum Gasteiger partial charge on any atom is 0.416 e. The van der Waals surface area contributed by atoms with E-state index < -0.39 is 11.7 Å². The van der Waals surface area contributed by atoms with Crippen LogP contribution in [-0.2, 0) is 24.1 Å². The van der Waals surface area contributed by atoms with Crippen LogP contribution in [0, 0.1) is 0 Å². The van der Waals surface area contributed by atoms with Gasteiger partial charge in [-0.25, -0.2) is 0 Å². The summed E-state index contributed by atoms with van der Waals surface area (Å²) in [6, 6.07) is 12.5. The third kappa shape index (κ3) is 5.97. The Balaban J connectivity index is 1.62. The van der Waals surface area contributed by atoms with Gasteiger partial charge in [0.15, 0.2) is 0 Å². The van der Waals surface area contributed by atoms with Gasteiger partial charge in [0.25, 0.3) is 0 Å². The number of nitrogens with one attached hydrogen (secondary N) is 2. The van der Waals surface area contributed by atoms with Crippen LogP contribution in [0.25, 0.3) is 0 Å². The van der Waals surface area contributed by atoms with Crippen LogP contribution in [0.2, 0.25) is 5.02 Å². The quantitative estimate of drug-likeness (QED) is 0.678. The van der Waals surface area contributed by atoms with Gasteiger partial charge in [0, 0.05) is 37.2 Å². The SMILES string of the molecule is CCNC(=O)[C@@H]1C[C@H](NCc2ccc(C(F)(F)F)cc2)CN1Cc1ccc(Cl)cc1. The molecule has 4 nitrogen and oxygen atoms in total. The molecule has 1 heterocycles. The molecule has 162 valence electrons. The van der Waals surface area contributed by atoms with Crippen LogP contribution in [0.3, 0.4) is 0 Å². The van der Waals surface area contributed by atoms with Gasteiger partial charge in [-0.1, -0.05) is 35.9 Å². The lowest BCUT2D eigenvalue weighted by molar-refractivity contribution is -0.137. The fourth-order valence-corrected chi connectivity index (χ4v) is 3.82. The number of carbonyl (C=O) groups is 1. The van der Waals surface area contributed by atoms with Crippen molar-refractivity contribution in [1.82, 2.24) is 15.5 Å². The standard InChI is InChI=1S/C22H25ClF3N3O/c1-2-27-21(30)20-11-19(14-29(20)13-16-5-9-18(23)10-6-16)28-12-15-3-7-17(8-4-15)22(24,25)26/h3-10,19-20,28H,2,11-14H2,1H3,(H,27,30)/t19-,20-/m0/s1. The van der Waals surface area contributed by atoms with E-state index in [1.54, 1.807) is 0 Å². The molecule has 0 aliphatic carbocycles. The first kappa shape index (κ1) is 22.6. The lowest BCUT2D eigenvalue weighted by atomic mass is 10.1. The van der Waals surface area contributed by atoms with E-state index in [-0.39, 0.29) is 18.0 Å². The average Bonchev–Trinajstić information content (AvgIpc) is 3.11. The number of hydrogen-bond donors (Lipinski definition) is 2. The summed E-state index contributed by atoms with van der Waals surface area (Å²) in [6.07, 6.45) is -3.69. The zero-order valence-corrected chi connectivity index (χ0v) is 17.4. The second kappa shape index (κ2) is 9.81.